The smallest absolute Gasteiger partial charge is 0.269 e. The normalized spacial score (nSPS) is 9.17. The molecule has 0 aliphatic heterocycles. The maximum absolute atomic E-state index is 10.9. The molecule has 12 heavy (non-hydrogen) atoms. The summed E-state index contributed by atoms with van der Waals surface area (Å²) in [5, 5.41) is 6.75. The Morgan fingerprint density at radius 1 is 1.83 bits per heavy atom. The fraction of sp³-hybridized carbons (Fsp3) is 0.333. The van der Waals surface area contributed by atoms with Crippen LogP contribution in [0.15, 0.2) is 11.2 Å². The highest BCUT2D eigenvalue weighted by Crippen LogP contribution is 2.02. The van der Waals surface area contributed by atoms with E-state index in [9.17, 15) is 4.79 Å². The molecule has 1 amide bonds. The van der Waals surface area contributed by atoms with Gasteiger partial charge in [-0.1, -0.05) is 0 Å². The van der Waals surface area contributed by atoms with Crippen LogP contribution in [-0.2, 0) is 7.05 Å². The Labute approximate surface area is 68.4 Å². The molecule has 1 rings (SSSR count). The molecule has 6 heteroatoms. The minimum atomic E-state index is -0.652. The molecule has 1 aromatic rings. The van der Waals surface area contributed by atoms with E-state index in [1.54, 1.807) is 24.7 Å². The summed E-state index contributed by atoms with van der Waals surface area (Å²) in [5.74, 6) is -0.652. The summed E-state index contributed by atoms with van der Waals surface area (Å²) in [6.45, 7) is 1.81. The first-order chi connectivity index (χ1) is 5.65. The van der Waals surface area contributed by atoms with Gasteiger partial charge in [0, 0.05) is 17.7 Å². The molecule has 0 saturated heterocycles. The standard InChI is InChI=1S/C6H7N5O/c1-4-3-5(9-11(4)2)6(12)8-10-7/h3H,1-2H3. The third-order valence-corrected chi connectivity index (χ3v) is 1.47. The van der Waals surface area contributed by atoms with Crippen molar-refractivity contribution in [2.45, 2.75) is 6.92 Å². The van der Waals surface area contributed by atoms with Crippen LogP contribution in [0.3, 0.4) is 0 Å². The number of amides is 1. The monoisotopic (exact) mass is 165 g/mol. The van der Waals surface area contributed by atoms with Crippen LogP contribution in [0.1, 0.15) is 16.2 Å². The number of carbonyl (C=O) groups excluding carboxylic acids is 1. The number of carbonyl (C=O) groups is 1. The highest BCUT2D eigenvalue weighted by atomic mass is 16.1. The van der Waals surface area contributed by atoms with Crippen LogP contribution in [0.4, 0.5) is 0 Å². The molecular formula is C6H7N5O. The van der Waals surface area contributed by atoms with E-state index in [0.717, 1.165) is 5.69 Å². The van der Waals surface area contributed by atoms with E-state index in [2.05, 4.69) is 15.1 Å². The largest absolute Gasteiger partial charge is 0.285 e. The van der Waals surface area contributed by atoms with E-state index in [1.165, 1.54) is 0 Å². The van der Waals surface area contributed by atoms with Gasteiger partial charge in [-0.05, 0) is 23.6 Å². The lowest BCUT2D eigenvalue weighted by Gasteiger charge is -1.88. The van der Waals surface area contributed by atoms with Crippen LogP contribution in [0.5, 0.6) is 0 Å². The molecule has 0 fully saturated rings. The van der Waals surface area contributed by atoms with Crippen LogP contribution in [-0.4, -0.2) is 15.7 Å². The first kappa shape index (κ1) is 8.29. The number of nitrogens with zero attached hydrogens (tertiary/aromatic N) is 5. The van der Waals surface area contributed by atoms with Gasteiger partial charge in [0.25, 0.3) is 5.91 Å². The second-order valence-corrected chi connectivity index (χ2v) is 2.29. The van der Waals surface area contributed by atoms with Gasteiger partial charge in [-0.15, -0.1) is 0 Å². The zero-order valence-corrected chi connectivity index (χ0v) is 6.72. The average Bonchev–Trinajstić information content (AvgIpc) is 2.33. The predicted molar refractivity (Wildman–Crippen MR) is 41.4 cm³/mol. The molecule has 0 unspecified atom stereocenters. The molecule has 0 aliphatic carbocycles. The van der Waals surface area contributed by atoms with Crippen molar-refractivity contribution in [2.24, 2.45) is 12.2 Å². The Morgan fingerprint density at radius 3 is 2.92 bits per heavy atom. The summed E-state index contributed by atoms with van der Waals surface area (Å²) < 4.78 is 1.54. The lowest BCUT2D eigenvalue weighted by atomic mass is 10.4. The molecule has 0 spiro atoms. The molecule has 1 aromatic heterocycles. The zero-order chi connectivity index (χ0) is 9.14. The SMILES string of the molecule is Cc1cc(C(=O)N=[N+]=[N-])nn1C. The summed E-state index contributed by atoms with van der Waals surface area (Å²) >= 11 is 0. The Bertz CT molecular complexity index is 341. The quantitative estimate of drug-likeness (QED) is 0.355. The molecule has 62 valence electrons. The van der Waals surface area contributed by atoms with Crippen LogP contribution < -0.4 is 0 Å². The second-order valence-electron chi connectivity index (χ2n) is 2.29. The number of hydrogen-bond acceptors (Lipinski definition) is 2. The van der Waals surface area contributed by atoms with Crippen LogP contribution >= 0.6 is 0 Å². The minimum absolute atomic E-state index is 0.174. The fourth-order valence-electron chi connectivity index (χ4n) is 0.757. The van der Waals surface area contributed by atoms with E-state index in [4.69, 9.17) is 5.53 Å². The first-order valence-corrected chi connectivity index (χ1v) is 3.25. The number of hydrogen-bond donors (Lipinski definition) is 0. The molecule has 6 nitrogen and oxygen atoms in total. The van der Waals surface area contributed by atoms with E-state index in [-0.39, 0.29) is 5.69 Å². The Kier molecular flexibility index (Phi) is 2.11. The maximum Gasteiger partial charge on any atom is 0.269 e. The number of aryl methyl sites for hydroxylation is 2. The molecule has 0 saturated carbocycles. The zero-order valence-electron chi connectivity index (χ0n) is 6.72. The molecule has 0 aliphatic rings. The van der Waals surface area contributed by atoms with Crippen molar-refractivity contribution in [3.63, 3.8) is 0 Å². The van der Waals surface area contributed by atoms with Crippen molar-refractivity contribution in [3.8, 4) is 0 Å². The topological polar surface area (TPSA) is 83.7 Å². The summed E-state index contributed by atoms with van der Waals surface area (Å²) in [6.07, 6.45) is 0. The van der Waals surface area contributed by atoms with Gasteiger partial charge in [0.15, 0.2) is 0 Å². The van der Waals surface area contributed by atoms with Gasteiger partial charge in [-0.3, -0.25) is 9.48 Å². The minimum Gasteiger partial charge on any atom is -0.285 e. The van der Waals surface area contributed by atoms with Crippen molar-refractivity contribution in [1.82, 2.24) is 9.78 Å². The van der Waals surface area contributed by atoms with Gasteiger partial charge < -0.3 is 0 Å². The van der Waals surface area contributed by atoms with Gasteiger partial charge in [0.1, 0.15) is 5.69 Å². The van der Waals surface area contributed by atoms with Gasteiger partial charge >= 0.3 is 0 Å². The van der Waals surface area contributed by atoms with Crippen molar-refractivity contribution in [1.29, 1.82) is 0 Å². The molecule has 0 bridgehead atoms. The van der Waals surface area contributed by atoms with Gasteiger partial charge in [-0.2, -0.15) is 5.10 Å². The van der Waals surface area contributed by atoms with Crippen LogP contribution in [0.2, 0.25) is 0 Å². The van der Waals surface area contributed by atoms with Crippen LogP contribution in [0, 0.1) is 6.92 Å². The number of azide groups is 1. The Morgan fingerprint density at radius 2 is 2.50 bits per heavy atom. The predicted octanol–water partition coefficient (Wildman–Crippen LogP) is 1.18. The second kappa shape index (κ2) is 3.06. The molecule has 0 aromatic carbocycles. The molecular weight excluding hydrogens is 158 g/mol. The van der Waals surface area contributed by atoms with E-state index >= 15 is 0 Å². The molecule has 0 N–H and O–H groups in total. The summed E-state index contributed by atoms with van der Waals surface area (Å²) in [4.78, 5) is 13.3. The highest BCUT2D eigenvalue weighted by Gasteiger charge is 2.07. The lowest BCUT2D eigenvalue weighted by molar-refractivity contribution is 0.0995. The summed E-state index contributed by atoms with van der Waals surface area (Å²) in [6, 6.07) is 1.57. The van der Waals surface area contributed by atoms with Gasteiger partial charge in [-0.25, -0.2) is 0 Å². The molecule has 1 heterocycles. The van der Waals surface area contributed by atoms with Crippen molar-refractivity contribution in [2.75, 3.05) is 0 Å². The van der Waals surface area contributed by atoms with Crippen molar-refractivity contribution < 1.29 is 4.79 Å². The lowest BCUT2D eigenvalue weighted by Crippen LogP contribution is -1.97. The van der Waals surface area contributed by atoms with Crippen molar-refractivity contribution in [3.05, 3.63) is 27.9 Å². The van der Waals surface area contributed by atoms with Gasteiger partial charge in [0.2, 0.25) is 0 Å². The number of aromatic nitrogens is 2. The van der Waals surface area contributed by atoms with Crippen LogP contribution in [0.25, 0.3) is 10.4 Å². The van der Waals surface area contributed by atoms with E-state index in [0.29, 0.717) is 0 Å². The fourth-order valence-corrected chi connectivity index (χ4v) is 0.757. The van der Waals surface area contributed by atoms with Gasteiger partial charge in [0.05, 0.1) is 0 Å². The molecule has 0 radical (unpaired) electrons. The number of rotatable bonds is 1. The molecule has 0 atom stereocenters. The third-order valence-electron chi connectivity index (χ3n) is 1.47. The van der Waals surface area contributed by atoms with E-state index in [1.807, 2.05) is 0 Å². The average molecular weight is 165 g/mol. The highest BCUT2D eigenvalue weighted by molar-refractivity contribution is 5.92. The van der Waals surface area contributed by atoms with E-state index < -0.39 is 5.91 Å². The van der Waals surface area contributed by atoms with Crippen molar-refractivity contribution >= 4 is 5.91 Å². The Hall–Kier alpha value is -1.81. The third kappa shape index (κ3) is 1.43. The Balaban J connectivity index is 3.04. The summed E-state index contributed by atoms with van der Waals surface area (Å²) in [5.41, 5.74) is 8.99. The summed E-state index contributed by atoms with van der Waals surface area (Å²) in [7, 11) is 1.71. The maximum atomic E-state index is 10.9. The first-order valence-electron chi connectivity index (χ1n) is 3.25.